The van der Waals surface area contributed by atoms with Crippen molar-refractivity contribution in [3.05, 3.63) is 89.5 Å². The van der Waals surface area contributed by atoms with Gasteiger partial charge in [-0.1, -0.05) is 55.1 Å². The molecule has 5 rings (SSSR count). The summed E-state index contributed by atoms with van der Waals surface area (Å²) in [7, 11) is 4.29. The second-order valence-corrected chi connectivity index (χ2v) is 10.8. The van der Waals surface area contributed by atoms with Crippen LogP contribution in [0.3, 0.4) is 0 Å². The highest BCUT2D eigenvalue weighted by molar-refractivity contribution is 7.13. The van der Waals surface area contributed by atoms with E-state index in [9.17, 15) is 0 Å². The number of benzene rings is 2. The Morgan fingerprint density at radius 3 is 2.55 bits per heavy atom. The highest BCUT2D eigenvalue weighted by Crippen LogP contribution is 2.31. The van der Waals surface area contributed by atoms with Gasteiger partial charge in [0.1, 0.15) is 5.82 Å². The fourth-order valence-corrected chi connectivity index (χ4v) is 5.60. The summed E-state index contributed by atoms with van der Waals surface area (Å²) in [5.74, 6) is 0.977. The number of aromatic nitrogens is 3. The summed E-state index contributed by atoms with van der Waals surface area (Å²) < 4.78 is 2.19. The lowest BCUT2D eigenvalue weighted by molar-refractivity contribution is 0.148. The number of rotatable bonds is 8. The molecule has 1 saturated heterocycles. The van der Waals surface area contributed by atoms with Crippen LogP contribution in [0.4, 0.5) is 10.8 Å². The Hall–Kier alpha value is -3.52. The maximum atomic E-state index is 5.02. The number of nitrogens with one attached hydrogen (secondary N) is 1. The number of hydrogen-bond acceptors (Lipinski definition) is 6. The number of anilines is 2. The predicted octanol–water partition coefficient (Wildman–Crippen LogP) is 6.64. The number of likely N-dealkylation sites (N-methyl/N-ethyl adjacent to an activating group) is 1. The summed E-state index contributed by atoms with van der Waals surface area (Å²) in [6, 6.07) is 13.2. The summed E-state index contributed by atoms with van der Waals surface area (Å²) in [4.78, 5) is 14.7. The number of thiazole rings is 1. The predicted molar refractivity (Wildman–Crippen MR) is 162 cm³/mol. The Labute approximate surface area is 229 Å². The van der Waals surface area contributed by atoms with Gasteiger partial charge in [-0.25, -0.2) is 9.97 Å². The number of fused-ring (bicyclic) bond motifs is 1. The molecule has 0 bridgehead atoms. The van der Waals surface area contributed by atoms with Crippen molar-refractivity contribution in [3.63, 3.8) is 0 Å². The number of hydrogen-bond donors (Lipinski definition) is 1. The normalized spacial score (nSPS) is 15.5. The molecular formula is C31H36N6S. The first kappa shape index (κ1) is 26.1. The molecular weight excluding hydrogens is 488 g/mol. The molecule has 2 aromatic carbocycles. The van der Waals surface area contributed by atoms with E-state index in [4.69, 9.17) is 9.97 Å². The third kappa shape index (κ3) is 5.65. The second kappa shape index (κ2) is 11.5. The Balaban J connectivity index is 1.36. The van der Waals surface area contributed by atoms with Crippen LogP contribution in [-0.4, -0.2) is 57.6 Å². The van der Waals surface area contributed by atoms with Crippen LogP contribution in [0.5, 0.6) is 0 Å². The quantitative estimate of drug-likeness (QED) is 0.262. The minimum atomic E-state index is 0.856. The van der Waals surface area contributed by atoms with E-state index in [1.165, 1.54) is 5.56 Å². The molecule has 4 aromatic rings. The van der Waals surface area contributed by atoms with Crippen molar-refractivity contribution in [2.45, 2.75) is 20.4 Å². The van der Waals surface area contributed by atoms with E-state index in [0.717, 1.165) is 82.8 Å². The highest BCUT2D eigenvalue weighted by atomic mass is 32.1. The molecule has 2 aromatic heterocycles. The molecule has 38 heavy (non-hydrogen) atoms. The summed E-state index contributed by atoms with van der Waals surface area (Å²) in [6.07, 6.45) is 7.83. The van der Waals surface area contributed by atoms with E-state index in [1.807, 2.05) is 25.2 Å². The molecule has 1 fully saturated rings. The molecule has 7 heteroatoms. The maximum absolute atomic E-state index is 5.02. The van der Waals surface area contributed by atoms with Gasteiger partial charge >= 0.3 is 0 Å². The summed E-state index contributed by atoms with van der Waals surface area (Å²) >= 11 is 1.59. The molecule has 0 aliphatic carbocycles. The fourth-order valence-electron chi connectivity index (χ4n) is 4.87. The molecule has 0 saturated carbocycles. The van der Waals surface area contributed by atoms with Crippen LogP contribution in [0, 0.1) is 6.92 Å². The molecule has 0 atom stereocenters. The molecule has 1 aliphatic heterocycles. The van der Waals surface area contributed by atoms with Crippen molar-refractivity contribution in [2.24, 2.45) is 7.05 Å². The highest BCUT2D eigenvalue weighted by Gasteiger charge is 2.16. The molecule has 0 amide bonds. The van der Waals surface area contributed by atoms with Crippen molar-refractivity contribution >= 4 is 38.8 Å². The first-order valence-electron chi connectivity index (χ1n) is 13.1. The van der Waals surface area contributed by atoms with Crippen LogP contribution in [-0.2, 0) is 13.6 Å². The van der Waals surface area contributed by atoms with Crippen LogP contribution in [0.15, 0.2) is 72.7 Å². The largest absolute Gasteiger partial charge is 0.331 e. The fraction of sp³-hybridized carbons (Fsp3) is 0.290. The minimum absolute atomic E-state index is 0.856. The van der Waals surface area contributed by atoms with Crippen molar-refractivity contribution in [1.82, 2.24) is 24.3 Å². The number of nitrogens with zero attached hydrogens (tertiary/aromatic N) is 5. The summed E-state index contributed by atoms with van der Waals surface area (Å²) in [5.41, 5.74) is 8.72. The lowest BCUT2D eigenvalue weighted by Gasteiger charge is -2.32. The number of piperazine rings is 1. The van der Waals surface area contributed by atoms with E-state index >= 15 is 0 Å². The van der Waals surface area contributed by atoms with Crippen molar-refractivity contribution < 1.29 is 0 Å². The van der Waals surface area contributed by atoms with Gasteiger partial charge in [0.15, 0.2) is 5.13 Å². The molecule has 3 heterocycles. The van der Waals surface area contributed by atoms with Crippen LogP contribution in [0.25, 0.3) is 28.0 Å². The van der Waals surface area contributed by atoms with Gasteiger partial charge < -0.3 is 14.8 Å². The van der Waals surface area contributed by atoms with Gasteiger partial charge in [0.2, 0.25) is 0 Å². The van der Waals surface area contributed by atoms with Crippen molar-refractivity contribution in [3.8, 4) is 11.4 Å². The van der Waals surface area contributed by atoms with Crippen LogP contribution >= 0.6 is 11.3 Å². The molecule has 0 spiro atoms. The molecule has 6 nitrogen and oxygen atoms in total. The molecule has 1 N–H and O–H groups in total. The Morgan fingerprint density at radius 2 is 1.84 bits per heavy atom. The van der Waals surface area contributed by atoms with Crippen molar-refractivity contribution in [2.75, 3.05) is 38.5 Å². The number of allylic oxidation sites excluding steroid dienone is 5. The average Bonchev–Trinajstić information content (AvgIpc) is 3.50. The van der Waals surface area contributed by atoms with Crippen LogP contribution in [0.2, 0.25) is 0 Å². The zero-order valence-corrected chi connectivity index (χ0v) is 23.6. The van der Waals surface area contributed by atoms with Gasteiger partial charge in [0.25, 0.3) is 0 Å². The van der Waals surface area contributed by atoms with E-state index in [2.05, 4.69) is 89.1 Å². The number of imidazole rings is 1. The zero-order valence-electron chi connectivity index (χ0n) is 22.7. The first-order chi connectivity index (χ1) is 18.4. The monoisotopic (exact) mass is 524 g/mol. The topological polar surface area (TPSA) is 49.2 Å². The molecule has 0 unspecified atom stereocenters. The lowest BCUT2D eigenvalue weighted by Crippen LogP contribution is -2.43. The summed E-state index contributed by atoms with van der Waals surface area (Å²) in [6.45, 7) is 13.5. The molecule has 1 aliphatic rings. The molecule has 196 valence electrons. The van der Waals surface area contributed by atoms with Crippen LogP contribution < -0.4 is 5.32 Å². The number of aryl methyl sites for hydroxylation is 2. The van der Waals surface area contributed by atoms with Gasteiger partial charge in [0, 0.05) is 62.0 Å². The second-order valence-electron chi connectivity index (χ2n) is 9.95. The Bertz CT molecular complexity index is 1480. The first-order valence-corrected chi connectivity index (χ1v) is 14.0. The maximum Gasteiger partial charge on any atom is 0.187 e. The summed E-state index contributed by atoms with van der Waals surface area (Å²) in [5, 5.41) is 6.44. The van der Waals surface area contributed by atoms with Gasteiger partial charge in [-0.2, -0.15) is 0 Å². The standard InChI is InChI=1S/C31H36N6S/c1-6-8-24(9-7-2)28-21-38-31(34-28)33-26-19-27-29(18-22(26)3)36(5)30(32-27)25-12-10-23(11-13-25)20-37-16-14-35(4)15-17-37/h6-13,18-19,21H,1,14-17,20H2,2-5H3,(H,33,34)/b9-7-,24-8+. The SMILES string of the molecule is C=C/C=C(\C=C/C)c1csc(Nc2cc3nc(-c4ccc(CN5CCN(C)CC5)cc4)n(C)c3cc2C)n1. The smallest absolute Gasteiger partial charge is 0.187 e. The zero-order chi connectivity index (χ0) is 26.6. The van der Waals surface area contributed by atoms with E-state index < -0.39 is 0 Å². The van der Waals surface area contributed by atoms with E-state index in [1.54, 1.807) is 17.4 Å². The van der Waals surface area contributed by atoms with Gasteiger partial charge in [0.05, 0.1) is 16.7 Å². The third-order valence-corrected chi connectivity index (χ3v) is 7.88. The molecule has 0 radical (unpaired) electrons. The Kier molecular flexibility index (Phi) is 7.88. The van der Waals surface area contributed by atoms with Crippen LogP contribution in [0.1, 0.15) is 23.7 Å². The van der Waals surface area contributed by atoms with Gasteiger partial charge in [-0.05, 0) is 44.2 Å². The average molecular weight is 525 g/mol. The van der Waals surface area contributed by atoms with Gasteiger partial charge in [-0.3, -0.25) is 4.90 Å². The third-order valence-electron chi connectivity index (χ3n) is 7.13. The lowest BCUT2D eigenvalue weighted by atomic mass is 10.1. The van der Waals surface area contributed by atoms with E-state index in [0.29, 0.717) is 0 Å². The van der Waals surface area contributed by atoms with E-state index in [-0.39, 0.29) is 0 Å². The van der Waals surface area contributed by atoms with Gasteiger partial charge in [-0.15, -0.1) is 11.3 Å². The minimum Gasteiger partial charge on any atom is -0.331 e. The Morgan fingerprint density at radius 1 is 1.08 bits per heavy atom. The van der Waals surface area contributed by atoms with Crippen molar-refractivity contribution in [1.29, 1.82) is 0 Å².